The van der Waals surface area contributed by atoms with E-state index in [1.807, 2.05) is 5.32 Å². The minimum Gasteiger partial charge on any atom is -0.321 e. The average Bonchev–Trinajstić information content (AvgIpc) is 3.16. The number of halogens is 4. The molecule has 0 radical (unpaired) electrons. The van der Waals surface area contributed by atoms with Crippen LogP contribution in [0.1, 0.15) is 19.3 Å². The van der Waals surface area contributed by atoms with Crippen LogP contribution in [0, 0.1) is 23.3 Å². The molecule has 1 aromatic rings. The molecular formula is C12H12F4N2O. The van der Waals surface area contributed by atoms with Gasteiger partial charge in [0, 0.05) is 25.1 Å². The third-order valence-corrected chi connectivity index (χ3v) is 2.74. The Bertz CT molecular complexity index is 477. The van der Waals surface area contributed by atoms with Gasteiger partial charge in [0.05, 0.1) is 0 Å². The number of hydrogen-bond donors (Lipinski definition) is 2. The lowest BCUT2D eigenvalue weighted by Gasteiger charge is -2.09. The maximum Gasteiger partial charge on any atom is 0.225 e. The Morgan fingerprint density at radius 3 is 2.26 bits per heavy atom. The highest BCUT2D eigenvalue weighted by atomic mass is 19.2. The lowest BCUT2D eigenvalue weighted by Crippen LogP contribution is -2.24. The molecule has 0 saturated heterocycles. The van der Waals surface area contributed by atoms with Crippen molar-refractivity contribution in [2.75, 3.05) is 11.9 Å². The number of rotatable bonds is 5. The molecule has 0 aromatic heterocycles. The topological polar surface area (TPSA) is 41.1 Å². The van der Waals surface area contributed by atoms with Crippen molar-refractivity contribution in [2.45, 2.75) is 25.3 Å². The summed E-state index contributed by atoms with van der Waals surface area (Å²) in [5.41, 5.74) is -1.09. The summed E-state index contributed by atoms with van der Waals surface area (Å²) in [5.74, 6) is -7.03. The summed E-state index contributed by atoms with van der Waals surface area (Å²) in [5, 5.41) is 4.87. The van der Waals surface area contributed by atoms with Gasteiger partial charge in [0.15, 0.2) is 23.3 Å². The van der Waals surface area contributed by atoms with Gasteiger partial charge in [-0.25, -0.2) is 17.6 Å². The highest BCUT2D eigenvalue weighted by molar-refractivity contribution is 5.91. The standard InChI is InChI=1S/C12H12F4N2O/c13-7-5-8(14)11(16)12(10(7)15)18-9(19)3-4-17-6-1-2-6/h5-6,17H,1-4H2,(H,18,19). The Morgan fingerprint density at radius 2 is 1.74 bits per heavy atom. The Balaban J connectivity index is 1.98. The fourth-order valence-corrected chi connectivity index (χ4v) is 1.56. The predicted octanol–water partition coefficient (Wildman–Crippen LogP) is 2.32. The van der Waals surface area contributed by atoms with Crippen LogP contribution in [0.4, 0.5) is 23.2 Å². The average molecular weight is 276 g/mol. The van der Waals surface area contributed by atoms with E-state index in [2.05, 4.69) is 5.32 Å². The van der Waals surface area contributed by atoms with Gasteiger partial charge in [-0.3, -0.25) is 4.79 Å². The van der Waals surface area contributed by atoms with Crippen LogP contribution in [0.2, 0.25) is 0 Å². The normalized spacial score (nSPS) is 14.5. The number of carbonyl (C=O) groups is 1. The first-order chi connectivity index (χ1) is 8.99. The van der Waals surface area contributed by atoms with Crippen LogP contribution < -0.4 is 10.6 Å². The molecule has 1 aromatic carbocycles. The van der Waals surface area contributed by atoms with Crippen LogP contribution >= 0.6 is 0 Å². The van der Waals surface area contributed by atoms with Gasteiger partial charge in [-0.2, -0.15) is 0 Å². The van der Waals surface area contributed by atoms with Crippen molar-refractivity contribution < 1.29 is 22.4 Å². The van der Waals surface area contributed by atoms with Gasteiger partial charge in [-0.15, -0.1) is 0 Å². The summed E-state index contributed by atoms with van der Waals surface area (Å²) in [4.78, 5) is 11.4. The molecule has 2 rings (SSSR count). The quantitative estimate of drug-likeness (QED) is 0.640. The molecule has 1 saturated carbocycles. The van der Waals surface area contributed by atoms with E-state index in [1.54, 1.807) is 0 Å². The Hall–Kier alpha value is -1.63. The maximum atomic E-state index is 13.3. The smallest absolute Gasteiger partial charge is 0.225 e. The Kier molecular flexibility index (Phi) is 4.04. The zero-order valence-corrected chi connectivity index (χ0v) is 9.90. The molecule has 0 bridgehead atoms. The summed E-state index contributed by atoms with van der Waals surface area (Å²) in [7, 11) is 0. The third-order valence-electron chi connectivity index (χ3n) is 2.74. The monoisotopic (exact) mass is 276 g/mol. The minimum atomic E-state index is -1.61. The van der Waals surface area contributed by atoms with Crippen molar-refractivity contribution in [3.05, 3.63) is 29.3 Å². The van der Waals surface area contributed by atoms with E-state index in [-0.39, 0.29) is 12.5 Å². The largest absolute Gasteiger partial charge is 0.321 e. The van der Waals surface area contributed by atoms with Crippen LogP contribution in [0.15, 0.2) is 6.07 Å². The highest BCUT2D eigenvalue weighted by Crippen LogP contribution is 2.24. The first kappa shape index (κ1) is 13.8. The third kappa shape index (κ3) is 3.44. The zero-order chi connectivity index (χ0) is 14.0. The van der Waals surface area contributed by atoms with E-state index in [9.17, 15) is 22.4 Å². The van der Waals surface area contributed by atoms with E-state index < -0.39 is 34.9 Å². The fourth-order valence-electron chi connectivity index (χ4n) is 1.56. The minimum absolute atomic E-state index is 0.0342. The molecule has 19 heavy (non-hydrogen) atoms. The second-order valence-electron chi connectivity index (χ2n) is 4.37. The number of nitrogens with one attached hydrogen (secondary N) is 2. The maximum absolute atomic E-state index is 13.3. The molecule has 0 atom stereocenters. The fraction of sp³-hybridized carbons (Fsp3) is 0.417. The highest BCUT2D eigenvalue weighted by Gasteiger charge is 2.22. The number of anilines is 1. The lowest BCUT2D eigenvalue weighted by atomic mass is 10.2. The van der Waals surface area contributed by atoms with Gasteiger partial charge < -0.3 is 10.6 Å². The first-order valence-corrected chi connectivity index (χ1v) is 5.85. The number of amides is 1. The van der Waals surface area contributed by atoms with Gasteiger partial charge in [0.1, 0.15) is 5.69 Å². The van der Waals surface area contributed by atoms with E-state index >= 15 is 0 Å². The molecule has 1 amide bonds. The second-order valence-corrected chi connectivity index (χ2v) is 4.37. The summed E-state index contributed by atoms with van der Waals surface area (Å²) >= 11 is 0. The van der Waals surface area contributed by atoms with Gasteiger partial charge in [0.25, 0.3) is 0 Å². The lowest BCUT2D eigenvalue weighted by molar-refractivity contribution is -0.116. The molecular weight excluding hydrogens is 264 g/mol. The van der Waals surface area contributed by atoms with Crippen molar-refractivity contribution in [3.63, 3.8) is 0 Å². The molecule has 0 heterocycles. The SMILES string of the molecule is O=C(CCNC1CC1)Nc1c(F)c(F)cc(F)c1F. The van der Waals surface area contributed by atoms with E-state index in [0.717, 1.165) is 12.8 Å². The molecule has 0 aliphatic heterocycles. The van der Waals surface area contributed by atoms with Crippen molar-refractivity contribution in [2.24, 2.45) is 0 Å². The van der Waals surface area contributed by atoms with Crippen molar-refractivity contribution >= 4 is 11.6 Å². The number of benzene rings is 1. The van der Waals surface area contributed by atoms with E-state index in [1.165, 1.54) is 0 Å². The Labute approximate surface area is 107 Å². The van der Waals surface area contributed by atoms with Crippen molar-refractivity contribution in [3.8, 4) is 0 Å². The van der Waals surface area contributed by atoms with E-state index in [0.29, 0.717) is 12.6 Å². The molecule has 1 fully saturated rings. The van der Waals surface area contributed by atoms with Crippen LogP contribution in [0.25, 0.3) is 0 Å². The Morgan fingerprint density at radius 1 is 1.16 bits per heavy atom. The second kappa shape index (κ2) is 5.56. The molecule has 7 heteroatoms. The van der Waals surface area contributed by atoms with Gasteiger partial charge >= 0.3 is 0 Å². The van der Waals surface area contributed by atoms with Crippen molar-refractivity contribution in [1.29, 1.82) is 0 Å². The van der Waals surface area contributed by atoms with Crippen LogP contribution in [0.3, 0.4) is 0 Å². The molecule has 104 valence electrons. The molecule has 1 aliphatic carbocycles. The summed E-state index contributed by atoms with van der Waals surface area (Å²) in [6, 6.07) is 0.488. The van der Waals surface area contributed by atoms with Gasteiger partial charge in [0.2, 0.25) is 5.91 Å². The summed E-state index contributed by atoms with van der Waals surface area (Å²) in [6.07, 6.45) is 2.05. The van der Waals surface area contributed by atoms with Crippen LogP contribution in [-0.4, -0.2) is 18.5 Å². The first-order valence-electron chi connectivity index (χ1n) is 5.85. The van der Waals surface area contributed by atoms with E-state index in [4.69, 9.17) is 0 Å². The predicted molar refractivity (Wildman–Crippen MR) is 60.5 cm³/mol. The molecule has 0 unspecified atom stereocenters. The van der Waals surface area contributed by atoms with Crippen molar-refractivity contribution in [1.82, 2.24) is 5.32 Å². The van der Waals surface area contributed by atoms with Gasteiger partial charge in [-0.1, -0.05) is 0 Å². The molecule has 2 N–H and O–H groups in total. The number of carbonyl (C=O) groups excluding carboxylic acids is 1. The van der Waals surface area contributed by atoms with Crippen LogP contribution in [-0.2, 0) is 4.79 Å². The summed E-state index contributed by atoms with van der Waals surface area (Å²) < 4.78 is 52.3. The van der Waals surface area contributed by atoms with Crippen LogP contribution in [0.5, 0.6) is 0 Å². The molecule has 1 aliphatic rings. The molecule has 3 nitrogen and oxygen atoms in total. The van der Waals surface area contributed by atoms with Gasteiger partial charge in [-0.05, 0) is 12.8 Å². The number of hydrogen-bond acceptors (Lipinski definition) is 2. The molecule has 0 spiro atoms. The summed E-state index contributed by atoms with van der Waals surface area (Å²) in [6.45, 7) is 0.345. The zero-order valence-electron chi connectivity index (χ0n) is 9.90.